The van der Waals surface area contributed by atoms with Gasteiger partial charge in [0.1, 0.15) is 0 Å². The smallest absolute Gasteiger partial charge is 0.346 e. The van der Waals surface area contributed by atoms with E-state index in [0.717, 1.165) is 25.9 Å². The molecule has 0 saturated carbocycles. The molecule has 3 fully saturated rings. The van der Waals surface area contributed by atoms with Crippen molar-refractivity contribution in [3.05, 3.63) is 71.8 Å². The number of esters is 2. The number of hydrogen-bond donors (Lipinski definition) is 2. The number of rotatable bonds is 9. The van der Waals surface area contributed by atoms with E-state index in [1.54, 1.807) is 76.2 Å². The summed E-state index contributed by atoms with van der Waals surface area (Å²) in [4.78, 5) is 29.5. The molecule has 0 radical (unpaired) electrons. The molecule has 200 valence electrons. The lowest BCUT2D eigenvalue weighted by molar-refractivity contribution is -0.233. The fraction of sp³-hybridized carbons (Fsp3) is 0.533. The zero-order chi connectivity index (χ0) is 26.8. The second-order valence-electron chi connectivity index (χ2n) is 11.0. The Morgan fingerprint density at radius 3 is 1.51 bits per heavy atom. The molecule has 3 aliphatic heterocycles. The van der Waals surface area contributed by atoms with E-state index in [9.17, 15) is 19.8 Å². The number of hydrogen-bond acceptors (Lipinski definition) is 7. The average Bonchev–Trinajstić information content (AvgIpc) is 2.92. The lowest BCUT2D eigenvalue weighted by Gasteiger charge is -2.47. The van der Waals surface area contributed by atoms with Crippen LogP contribution in [0.3, 0.4) is 0 Å². The number of fused-ring (bicyclic) bond motifs is 3. The minimum Gasteiger partial charge on any atom is -0.421 e. The number of ether oxygens (including phenoxy) is 2. The molecule has 2 aromatic carbocycles. The second kappa shape index (κ2) is 10.9. The topological polar surface area (TPSA) is 96.3 Å². The SMILES string of the molecule is CC(C)C(O)(C(=O)OC(OC(=O)C(O)(c1ccccc1)C(C)C)C1CC2CCN1CC2)c1ccccc1. The minimum absolute atomic E-state index is 0.347. The summed E-state index contributed by atoms with van der Waals surface area (Å²) in [5.74, 6) is -2.30. The van der Waals surface area contributed by atoms with Gasteiger partial charge in [-0.15, -0.1) is 0 Å². The standard InChI is InChI=1S/C30H39NO6/c1-20(2)29(34,23-11-7-5-8-12-23)27(32)36-26(25-19-22-15-17-31(25)18-16-22)37-28(33)30(35,21(3)4)24-13-9-6-10-14-24/h5-14,20-22,25-26,34-35H,15-19H2,1-4H3. The van der Waals surface area contributed by atoms with E-state index in [2.05, 4.69) is 4.90 Å². The van der Waals surface area contributed by atoms with Crippen molar-refractivity contribution in [2.45, 2.75) is 70.5 Å². The summed E-state index contributed by atoms with van der Waals surface area (Å²) in [6, 6.07) is 17.0. The van der Waals surface area contributed by atoms with Crippen molar-refractivity contribution in [2.24, 2.45) is 17.8 Å². The molecule has 3 heterocycles. The molecule has 5 rings (SSSR count). The van der Waals surface area contributed by atoms with Gasteiger partial charge >= 0.3 is 11.9 Å². The molecule has 0 aromatic heterocycles. The zero-order valence-corrected chi connectivity index (χ0v) is 22.2. The van der Waals surface area contributed by atoms with Crippen LogP contribution in [0.1, 0.15) is 58.1 Å². The van der Waals surface area contributed by atoms with Crippen molar-refractivity contribution in [1.82, 2.24) is 4.90 Å². The van der Waals surface area contributed by atoms with Gasteiger partial charge in [0.2, 0.25) is 0 Å². The molecular formula is C30H39NO6. The van der Waals surface area contributed by atoms with Crippen LogP contribution in [0.2, 0.25) is 0 Å². The Labute approximate surface area is 219 Å². The number of benzene rings is 2. The van der Waals surface area contributed by atoms with Crippen molar-refractivity contribution < 1.29 is 29.3 Å². The molecule has 7 nitrogen and oxygen atoms in total. The van der Waals surface area contributed by atoms with E-state index < -0.39 is 41.3 Å². The predicted octanol–water partition coefficient (Wildman–Crippen LogP) is 3.97. The first kappa shape index (κ1) is 27.3. The molecule has 2 N–H and O–H groups in total. The first-order valence-electron chi connectivity index (χ1n) is 13.3. The van der Waals surface area contributed by atoms with Gasteiger partial charge in [-0.1, -0.05) is 88.4 Å². The number of piperidine rings is 3. The van der Waals surface area contributed by atoms with Crippen LogP contribution in [0, 0.1) is 17.8 Å². The van der Waals surface area contributed by atoms with Gasteiger partial charge in [0.05, 0.1) is 6.04 Å². The molecule has 3 aliphatic rings. The predicted molar refractivity (Wildman–Crippen MR) is 139 cm³/mol. The molecule has 0 spiro atoms. The van der Waals surface area contributed by atoms with Crippen LogP contribution in [-0.4, -0.2) is 52.5 Å². The Kier molecular flexibility index (Phi) is 8.07. The van der Waals surface area contributed by atoms with Crippen molar-refractivity contribution in [2.75, 3.05) is 13.1 Å². The highest BCUT2D eigenvalue weighted by atomic mass is 16.7. The zero-order valence-electron chi connectivity index (χ0n) is 22.2. The highest BCUT2D eigenvalue weighted by Crippen LogP contribution is 2.38. The third-order valence-corrected chi connectivity index (χ3v) is 8.17. The Balaban J connectivity index is 1.66. The normalized spacial score (nSPS) is 25.2. The van der Waals surface area contributed by atoms with E-state index in [0.29, 0.717) is 23.5 Å². The highest BCUT2D eigenvalue weighted by molar-refractivity contribution is 5.83. The van der Waals surface area contributed by atoms with Crippen LogP contribution in [-0.2, 0) is 30.3 Å². The largest absolute Gasteiger partial charge is 0.421 e. The Hall–Kier alpha value is -2.74. The molecule has 3 atom stereocenters. The summed E-state index contributed by atoms with van der Waals surface area (Å²) in [5, 5.41) is 23.2. The third-order valence-electron chi connectivity index (χ3n) is 8.17. The van der Waals surface area contributed by atoms with Crippen LogP contribution in [0.4, 0.5) is 0 Å². The fourth-order valence-electron chi connectivity index (χ4n) is 5.62. The maximum atomic E-state index is 13.7. The van der Waals surface area contributed by atoms with Crippen LogP contribution in [0.15, 0.2) is 60.7 Å². The number of nitrogens with zero attached hydrogens (tertiary/aromatic N) is 1. The molecule has 3 saturated heterocycles. The van der Waals surface area contributed by atoms with E-state index in [1.807, 2.05) is 12.1 Å². The van der Waals surface area contributed by atoms with E-state index in [1.165, 1.54) is 0 Å². The van der Waals surface area contributed by atoms with E-state index in [4.69, 9.17) is 9.47 Å². The molecule has 2 bridgehead atoms. The molecule has 7 heteroatoms. The van der Waals surface area contributed by atoms with Gasteiger partial charge in [-0.05, 0) is 61.2 Å². The molecule has 37 heavy (non-hydrogen) atoms. The minimum atomic E-state index is -1.93. The van der Waals surface area contributed by atoms with Gasteiger partial charge in [-0.2, -0.15) is 0 Å². The van der Waals surface area contributed by atoms with Gasteiger partial charge in [0, 0.05) is 0 Å². The molecule has 0 aliphatic carbocycles. The third kappa shape index (κ3) is 5.17. The van der Waals surface area contributed by atoms with Crippen LogP contribution >= 0.6 is 0 Å². The van der Waals surface area contributed by atoms with Crippen LogP contribution in [0.5, 0.6) is 0 Å². The van der Waals surface area contributed by atoms with Gasteiger partial charge in [0.25, 0.3) is 6.29 Å². The number of carbonyl (C=O) groups is 2. The summed E-state index contributed by atoms with van der Waals surface area (Å²) in [7, 11) is 0. The first-order chi connectivity index (χ1) is 17.6. The maximum Gasteiger partial charge on any atom is 0.346 e. The quantitative estimate of drug-likeness (QED) is 0.390. The summed E-state index contributed by atoms with van der Waals surface area (Å²) < 4.78 is 11.8. The molecule has 0 amide bonds. The summed E-state index contributed by atoms with van der Waals surface area (Å²) in [6.07, 6.45) is 1.53. The monoisotopic (exact) mass is 509 g/mol. The van der Waals surface area contributed by atoms with Crippen LogP contribution < -0.4 is 0 Å². The summed E-state index contributed by atoms with van der Waals surface area (Å²) in [6.45, 7) is 8.62. The van der Waals surface area contributed by atoms with Crippen molar-refractivity contribution in [1.29, 1.82) is 0 Å². The Morgan fingerprint density at radius 2 is 1.19 bits per heavy atom. The second-order valence-corrected chi connectivity index (χ2v) is 11.0. The first-order valence-corrected chi connectivity index (χ1v) is 13.3. The number of carbonyl (C=O) groups excluding carboxylic acids is 2. The summed E-state index contributed by atoms with van der Waals surface area (Å²) >= 11 is 0. The average molecular weight is 510 g/mol. The van der Waals surface area contributed by atoms with Gasteiger partial charge < -0.3 is 19.7 Å². The van der Waals surface area contributed by atoms with Crippen molar-refractivity contribution in [3.8, 4) is 0 Å². The van der Waals surface area contributed by atoms with Gasteiger partial charge in [0.15, 0.2) is 11.2 Å². The summed E-state index contributed by atoms with van der Waals surface area (Å²) in [5.41, 5.74) is -3.03. The lowest BCUT2D eigenvalue weighted by Crippen LogP contribution is -2.58. The van der Waals surface area contributed by atoms with Crippen molar-refractivity contribution >= 4 is 11.9 Å². The molecular weight excluding hydrogens is 470 g/mol. The highest BCUT2D eigenvalue weighted by Gasteiger charge is 2.50. The lowest BCUT2D eigenvalue weighted by atomic mass is 9.82. The van der Waals surface area contributed by atoms with E-state index >= 15 is 0 Å². The van der Waals surface area contributed by atoms with E-state index in [-0.39, 0.29) is 6.04 Å². The molecule has 2 aromatic rings. The Morgan fingerprint density at radius 1 is 0.784 bits per heavy atom. The van der Waals surface area contributed by atoms with Gasteiger partial charge in [-0.3, -0.25) is 4.90 Å². The molecule has 3 unspecified atom stereocenters. The fourth-order valence-corrected chi connectivity index (χ4v) is 5.62. The van der Waals surface area contributed by atoms with Crippen molar-refractivity contribution in [3.63, 3.8) is 0 Å². The van der Waals surface area contributed by atoms with Gasteiger partial charge in [-0.25, -0.2) is 9.59 Å². The number of aliphatic hydroxyl groups is 2. The Bertz CT molecular complexity index is 994. The van der Waals surface area contributed by atoms with Crippen LogP contribution in [0.25, 0.3) is 0 Å². The maximum absolute atomic E-state index is 13.7.